The third kappa shape index (κ3) is 6.86. The predicted molar refractivity (Wildman–Crippen MR) is 135 cm³/mol. The van der Waals surface area contributed by atoms with Gasteiger partial charge in [0, 0.05) is 0 Å². The van der Waals surface area contributed by atoms with Crippen molar-refractivity contribution in [3.8, 4) is 0 Å². The van der Waals surface area contributed by atoms with E-state index in [1.807, 2.05) is 0 Å². The fraction of sp³-hybridized carbons (Fsp3) is 0.778. The number of hydrogen-bond acceptors (Lipinski definition) is 0. The van der Waals surface area contributed by atoms with Crippen LogP contribution in [0, 0.1) is 38.5 Å². The molecule has 0 aromatic heterocycles. The van der Waals surface area contributed by atoms with Gasteiger partial charge in [-0.2, -0.15) is 0 Å². The molecule has 1 aromatic carbocycles. The zero-order valence-corrected chi connectivity index (χ0v) is 18.0. The van der Waals surface area contributed by atoms with Gasteiger partial charge in [0.15, 0.2) is 0 Å². The number of benzene rings is 1. The van der Waals surface area contributed by atoms with E-state index in [-0.39, 0.29) is 22.3 Å². The molecule has 0 nitrogen and oxygen atoms in total. The summed E-state index contributed by atoms with van der Waals surface area (Å²) in [6.45, 7) is 6.83. The molecule has 3 rings (SSSR count). The fourth-order valence-electron chi connectivity index (χ4n) is 5.58. The largest absolute Gasteiger partial charge is 0.138 e. The molecule has 1 atom stereocenters. The van der Waals surface area contributed by atoms with Crippen molar-refractivity contribution in [1.29, 1.82) is 0 Å². The van der Waals surface area contributed by atoms with Gasteiger partial charge in [-0.1, -0.05) is 53.7 Å². The third-order valence-corrected chi connectivity index (χ3v) is 7.98. The van der Waals surface area contributed by atoms with Crippen LogP contribution >= 0.6 is 9.24 Å². The van der Waals surface area contributed by atoms with Crippen LogP contribution < -0.4 is 0 Å². The molecule has 0 spiro atoms. The fourth-order valence-corrected chi connectivity index (χ4v) is 5.82. The molecule has 1 unspecified atom stereocenters. The first-order valence-corrected chi connectivity index (χ1v) is 11.7. The van der Waals surface area contributed by atoms with Crippen LogP contribution in [0.15, 0.2) is 12.1 Å². The monoisotopic (exact) mass is 406 g/mol. The van der Waals surface area contributed by atoms with Crippen molar-refractivity contribution in [2.75, 3.05) is 6.16 Å². The number of hydrogen-bond donors (Lipinski definition) is 0. The summed E-state index contributed by atoms with van der Waals surface area (Å²) in [7, 11) is 2.89. The summed E-state index contributed by atoms with van der Waals surface area (Å²) in [6, 6.07) is 4.95. The molecule has 1 heteroatoms. The van der Waals surface area contributed by atoms with Crippen LogP contribution in [-0.2, 0) is 0 Å². The minimum Gasteiger partial charge on any atom is -0.138 e. The van der Waals surface area contributed by atoms with E-state index in [0.29, 0.717) is 0 Å². The average Bonchev–Trinajstić information content (AvgIpc) is 2.64. The van der Waals surface area contributed by atoms with E-state index in [1.54, 1.807) is 5.56 Å². The standard InChI is InChI=1S/C24H39P.3CH4/c1-17-15-24(16-18(2)19(17)3)23-12-10-22(11-13-23)21-8-6-20(7-9-21)5-4-14-25;;;/h15-16,20-23H,4-14,25H2,1-3H3;3*1H4. The molecule has 0 radical (unpaired) electrons. The summed E-state index contributed by atoms with van der Waals surface area (Å²) in [6.07, 6.45) is 16.1. The van der Waals surface area contributed by atoms with Crippen molar-refractivity contribution in [3.05, 3.63) is 34.4 Å². The Morgan fingerprint density at radius 2 is 1.21 bits per heavy atom. The minimum absolute atomic E-state index is 0. The molecule has 1 aromatic rings. The van der Waals surface area contributed by atoms with Crippen molar-refractivity contribution in [2.24, 2.45) is 17.8 Å². The van der Waals surface area contributed by atoms with Gasteiger partial charge in [0.1, 0.15) is 0 Å². The molecular formula is C27H51P. The normalized spacial score (nSPS) is 27.1. The SMILES string of the molecule is C.C.C.Cc1cc(C2CCC(C3CCC(CCCP)CC3)CC2)cc(C)c1C. The maximum Gasteiger partial charge on any atom is -0.0162 e. The quantitative estimate of drug-likeness (QED) is 0.427. The van der Waals surface area contributed by atoms with Gasteiger partial charge in [0.25, 0.3) is 0 Å². The van der Waals surface area contributed by atoms with Gasteiger partial charge in [0.2, 0.25) is 0 Å². The number of aryl methyl sites for hydroxylation is 2. The molecule has 2 aliphatic carbocycles. The molecular weight excluding hydrogens is 355 g/mol. The van der Waals surface area contributed by atoms with Crippen LogP contribution in [0.5, 0.6) is 0 Å². The van der Waals surface area contributed by atoms with Crippen LogP contribution in [0.25, 0.3) is 0 Å². The lowest BCUT2D eigenvalue weighted by molar-refractivity contribution is 0.156. The second-order valence-electron chi connectivity index (χ2n) is 9.10. The molecule has 0 saturated heterocycles. The van der Waals surface area contributed by atoms with E-state index in [0.717, 1.165) is 23.7 Å². The van der Waals surface area contributed by atoms with E-state index < -0.39 is 0 Å². The van der Waals surface area contributed by atoms with Gasteiger partial charge >= 0.3 is 0 Å². The van der Waals surface area contributed by atoms with Crippen LogP contribution in [-0.4, -0.2) is 6.16 Å². The maximum atomic E-state index is 2.89. The van der Waals surface area contributed by atoms with Gasteiger partial charge in [0.05, 0.1) is 0 Å². The smallest absolute Gasteiger partial charge is 0.0162 e. The maximum absolute atomic E-state index is 2.89. The van der Waals surface area contributed by atoms with Crippen molar-refractivity contribution in [1.82, 2.24) is 0 Å². The van der Waals surface area contributed by atoms with Gasteiger partial charge in [-0.05, 0) is 118 Å². The lowest BCUT2D eigenvalue weighted by Gasteiger charge is -2.38. The molecule has 2 saturated carbocycles. The molecule has 0 N–H and O–H groups in total. The molecule has 0 aliphatic heterocycles. The predicted octanol–water partition coefficient (Wildman–Crippen LogP) is 9.26. The second-order valence-corrected chi connectivity index (χ2v) is 9.68. The topological polar surface area (TPSA) is 0 Å². The molecule has 2 aliphatic rings. The van der Waals surface area contributed by atoms with E-state index in [4.69, 9.17) is 0 Å². The first-order chi connectivity index (χ1) is 12.1. The van der Waals surface area contributed by atoms with Crippen LogP contribution in [0.2, 0.25) is 0 Å². The van der Waals surface area contributed by atoms with Gasteiger partial charge in [-0.25, -0.2) is 0 Å². The van der Waals surface area contributed by atoms with Crippen LogP contribution in [0.1, 0.15) is 115 Å². The Kier molecular flexibility index (Phi) is 12.9. The number of rotatable bonds is 5. The lowest BCUT2D eigenvalue weighted by Crippen LogP contribution is -2.25. The van der Waals surface area contributed by atoms with Gasteiger partial charge < -0.3 is 0 Å². The molecule has 164 valence electrons. The highest BCUT2D eigenvalue weighted by Crippen LogP contribution is 2.44. The van der Waals surface area contributed by atoms with Gasteiger partial charge in [-0.3, -0.25) is 0 Å². The molecule has 0 bridgehead atoms. The Morgan fingerprint density at radius 3 is 1.68 bits per heavy atom. The third-order valence-electron chi connectivity index (χ3n) is 7.57. The Bertz CT molecular complexity index is 522. The van der Waals surface area contributed by atoms with E-state index in [1.165, 1.54) is 87.1 Å². The molecule has 28 heavy (non-hydrogen) atoms. The Balaban J connectivity index is 0.00000243. The summed E-state index contributed by atoms with van der Waals surface area (Å²) >= 11 is 0. The average molecular weight is 407 g/mol. The zero-order chi connectivity index (χ0) is 17.8. The Morgan fingerprint density at radius 1 is 0.750 bits per heavy atom. The first-order valence-electron chi connectivity index (χ1n) is 10.9. The Labute approximate surface area is 180 Å². The van der Waals surface area contributed by atoms with Crippen molar-refractivity contribution >= 4 is 9.24 Å². The van der Waals surface area contributed by atoms with Crippen molar-refractivity contribution < 1.29 is 0 Å². The Hall–Kier alpha value is -0.350. The molecule has 2 fully saturated rings. The van der Waals surface area contributed by atoms with Crippen molar-refractivity contribution in [2.45, 2.75) is 113 Å². The zero-order valence-electron chi connectivity index (χ0n) is 16.8. The molecule has 0 heterocycles. The highest BCUT2D eigenvalue weighted by atomic mass is 31.0. The summed E-state index contributed by atoms with van der Waals surface area (Å²) in [4.78, 5) is 0. The van der Waals surface area contributed by atoms with E-state index in [9.17, 15) is 0 Å². The highest BCUT2D eigenvalue weighted by molar-refractivity contribution is 7.16. The van der Waals surface area contributed by atoms with Crippen LogP contribution in [0.3, 0.4) is 0 Å². The summed E-state index contributed by atoms with van der Waals surface area (Å²) in [5.41, 5.74) is 6.08. The second kappa shape index (κ2) is 13.1. The minimum atomic E-state index is 0. The highest BCUT2D eigenvalue weighted by Gasteiger charge is 2.31. The van der Waals surface area contributed by atoms with Crippen LogP contribution in [0.4, 0.5) is 0 Å². The van der Waals surface area contributed by atoms with E-state index >= 15 is 0 Å². The lowest BCUT2D eigenvalue weighted by atomic mass is 9.68. The van der Waals surface area contributed by atoms with E-state index in [2.05, 4.69) is 42.1 Å². The van der Waals surface area contributed by atoms with Gasteiger partial charge in [-0.15, -0.1) is 9.24 Å². The molecule has 0 amide bonds. The van der Waals surface area contributed by atoms with Crippen molar-refractivity contribution in [3.63, 3.8) is 0 Å². The summed E-state index contributed by atoms with van der Waals surface area (Å²) in [5, 5.41) is 0. The summed E-state index contributed by atoms with van der Waals surface area (Å²) < 4.78 is 0. The first kappa shape index (κ1) is 27.6. The summed E-state index contributed by atoms with van der Waals surface area (Å²) in [5.74, 6) is 3.96.